The van der Waals surface area contributed by atoms with Gasteiger partial charge in [-0.25, -0.2) is 4.98 Å². The second-order valence-corrected chi connectivity index (χ2v) is 6.26. The molecule has 7 heteroatoms. The van der Waals surface area contributed by atoms with Crippen LogP contribution in [0.2, 0.25) is 0 Å². The average Bonchev–Trinajstić information content (AvgIpc) is 2.76. The molecule has 6 nitrogen and oxygen atoms in total. The lowest BCUT2D eigenvalue weighted by molar-refractivity contribution is -0.128. The minimum Gasteiger partial charge on any atom is -0.368 e. The Bertz CT molecular complexity index is 706. The molecule has 1 aromatic carbocycles. The molecule has 3 N–H and O–H groups in total. The van der Waals surface area contributed by atoms with Gasteiger partial charge in [0.1, 0.15) is 0 Å². The molecule has 0 atom stereocenters. The van der Waals surface area contributed by atoms with E-state index in [0.717, 1.165) is 15.3 Å². The Hall–Kier alpha value is -2.15. The van der Waals surface area contributed by atoms with Gasteiger partial charge in [-0.15, -0.1) is 0 Å². The van der Waals surface area contributed by atoms with Crippen LogP contribution in [0.25, 0.3) is 10.2 Å². The number of thiazole rings is 1. The monoisotopic (exact) mass is 304 g/mol. The summed E-state index contributed by atoms with van der Waals surface area (Å²) in [4.78, 5) is 29.1. The van der Waals surface area contributed by atoms with Crippen molar-refractivity contribution in [1.82, 2.24) is 10.3 Å². The molecule has 1 aromatic heterocycles. The van der Waals surface area contributed by atoms with Crippen LogP contribution in [-0.2, 0) is 9.59 Å². The Labute approximate surface area is 125 Å². The lowest BCUT2D eigenvalue weighted by atomic mass is 10.0. The predicted octanol–water partition coefficient (Wildman–Crippen LogP) is 0.642. The van der Waals surface area contributed by atoms with Gasteiger partial charge in [-0.1, -0.05) is 17.4 Å². The fourth-order valence-corrected chi connectivity index (χ4v) is 3.36. The van der Waals surface area contributed by atoms with Gasteiger partial charge in [0, 0.05) is 13.1 Å². The number of benzene rings is 1. The first kappa shape index (κ1) is 13.8. The summed E-state index contributed by atoms with van der Waals surface area (Å²) in [6.07, 6.45) is 0. The summed E-state index contributed by atoms with van der Waals surface area (Å²) >= 11 is 1.64. The number of hydrogen-bond donors (Lipinski definition) is 2. The summed E-state index contributed by atoms with van der Waals surface area (Å²) < 4.78 is 1.16. The maximum Gasteiger partial charge on any atom is 0.236 e. The van der Waals surface area contributed by atoms with Crippen molar-refractivity contribution >= 4 is 38.5 Å². The molecule has 1 aliphatic rings. The van der Waals surface area contributed by atoms with E-state index >= 15 is 0 Å². The van der Waals surface area contributed by atoms with E-state index in [2.05, 4.69) is 28.2 Å². The zero-order valence-electron chi connectivity index (χ0n) is 11.6. The molecule has 3 rings (SSSR count). The standard InChI is InChI=1S/C14H16N4O2S/c1-8-2-3-10-11(4-8)21-14(17-10)18-6-9(7-18)13(20)16-5-12(15)19/h2-4,9H,5-7H2,1H3,(H2,15,19)(H,16,20). The number of carbonyl (C=O) groups is 2. The van der Waals surface area contributed by atoms with Crippen LogP contribution in [0.5, 0.6) is 0 Å². The molecule has 0 spiro atoms. The number of carbonyl (C=O) groups excluding carboxylic acids is 2. The number of aromatic nitrogens is 1. The summed E-state index contributed by atoms with van der Waals surface area (Å²) in [6, 6.07) is 6.18. The number of nitrogens with zero attached hydrogens (tertiary/aromatic N) is 2. The van der Waals surface area contributed by atoms with Crippen molar-refractivity contribution in [2.75, 3.05) is 24.5 Å². The zero-order chi connectivity index (χ0) is 15.0. The second kappa shape index (κ2) is 5.33. The van der Waals surface area contributed by atoms with E-state index in [1.54, 1.807) is 11.3 Å². The largest absolute Gasteiger partial charge is 0.368 e. The third-order valence-electron chi connectivity index (χ3n) is 3.49. The number of fused-ring (bicyclic) bond motifs is 1. The maximum atomic E-state index is 11.8. The SMILES string of the molecule is Cc1ccc2nc(N3CC(C(=O)NCC(N)=O)C3)sc2c1. The molecule has 2 amide bonds. The maximum absolute atomic E-state index is 11.8. The van der Waals surface area contributed by atoms with Crippen LogP contribution in [0.3, 0.4) is 0 Å². The summed E-state index contributed by atoms with van der Waals surface area (Å²) in [5, 5.41) is 3.47. The van der Waals surface area contributed by atoms with Gasteiger partial charge in [0.05, 0.1) is 22.7 Å². The van der Waals surface area contributed by atoms with Crippen molar-refractivity contribution in [2.45, 2.75) is 6.92 Å². The van der Waals surface area contributed by atoms with Crippen LogP contribution in [-0.4, -0.2) is 36.4 Å². The molecular formula is C14H16N4O2S. The third kappa shape index (κ3) is 2.82. The highest BCUT2D eigenvalue weighted by Gasteiger charge is 2.34. The van der Waals surface area contributed by atoms with Gasteiger partial charge >= 0.3 is 0 Å². The molecular weight excluding hydrogens is 288 g/mol. The first-order valence-electron chi connectivity index (χ1n) is 6.71. The van der Waals surface area contributed by atoms with E-state index in [9.17, 15) is 9.59 Å². The molecule has 0 saturated carbocycles. The molecule has 0 radical (unpaired) electrons. The van der Waals surface area contributed by atoms with Gasteiger partial charge in [0.2, 0.25) is 11.8 Å². The first-order chi connectivity index (χ1) is 10.0. The number of rotatable bonds is 4. The minimum atomic E-state index is -0.527. The molecule has 2 heterocycles. The Morgan fingerprint density at radius 3 is 2.95 bits per heavy atom. The fourth-order valence-electron chi connectivity index (χ4n) is 2.27. The van der Waals surface area contributed by atoms with Crippen molar-refractivity contribution in [1.29, 1.82) is 0 Å². The highest BCUT2D eigenvalue weighted by atomic mass is 32.1. The molecule has 0 unspecified atom stereocenters. The second-order valence-electron chi connectivity index (χ2n) is 5.25. The van der Waals surface area contributed by atoms with Crippen LogP contribution in [0.4, 0.5) is 5.13 Å². The number of hydrogen-bond acceptors (Lipinski definition) is 5. The molecule has 1 aliphatic heterocycles. The molecule has 110 valence electrons. The van der Waals surface area contributed by atoms with E-state index in [-0.39, 0.29) is 18.4 Å². The lowest BCUT2D eigenvalue weighted by Crippen LogP contribution is -2.54. The quantitative estimate of drug-likeness (QED) is 0.867. The summed E-state index contributed by atoms with van der Waals surface area (Å²) in [7, 11) is 0. The van der Waals surface area contributed by atoms with Crippen molar-refractivity contribution in [3.05, 3.63) is 23.8 Å². The van der Waals surface area contributed by atoms with E-state index in [4.69, 9.17) is 5.73 Å². The molecule has 0 aliphatic carbocycles. The highest BCUT2D eigenvalue weighted by Crippen LogP contribution is 2.33. The Balaban J connectivity index is 1.62. The summed E-state index contributed by atoms with van der Waals surface area (Å²) in [6.45, 7) is 3.21. The molecule has 2 aromatic rings. The van der Waals surface area contributed by atoms with Gasteiger partial charge in [-0.2, -0.15) is 0 Å². The topological polar surface area (TPSA) is 88.3 Å². The number of anilines is 1. The molecule has 0 bridgehead atoms. The van der Waals surface area contributed by atoms with E-state index in [0.29, 0.717) is 13.1 Å². The van der Waals surface area contributed by atoms with E-state index < -0.39 is 5.91 Å². The van der Waals surface area contributed by atoms with Crippen molar-refractivity contribution < 1.29 is 9.59 Å². The minimum absolute atomic E-state index is 0.0990. The first-order valence-corrected chi connectivity index (χ1v) is 7.53. The van der Waals surface area contributed by atoms with Gasteiger partial charge < -0.3 is 16.0 Å². The van der Waals surface area contributed by atoms with E-state index in [1.807, 2.05) is 12.1 Å². The zero-order valence-corrected chi connectivity index (χ0v) is 12.4. The number of primary amides is 1. The highest BCUT2D eigenvalue weighted by molar-refractivity contribution is 7.22. The van der Waals surface area contributed by atoms with Crippen LogP contribution in [0, 0.1) is 12.8 Å². The fraction of sp³-hybridized carbons (Fsp3) is 0.357. The third-order valence-corrected chi connectivity index (χ3v) is 4.57. The van der Waals surface area contributed by atoms with E-state index in [1.165, 1.54) is 5.56 Å². The van der Waals surface area contributed by atoms with Crippen molar-refractivity contribution in [3.8, 4) is 0 Å². The van der Waals surface area contributed by atoms with Crippen LogP contribution >= 0.6 is 11.3 Å². The molecule has 1 saturated heterocycles. The van der Waals surface area contributed by atoms with Crippen LogP contribution < -0.4 is 16.0 Å². The van der Waals surface area contributed by atoms with Gasteiger partial charge in [0.15, 0.2) is 5.13 Å². The number of amides is 2. The molecule has 1 fully saturated rings. The lowest BCUT2D eigenvalue weighted by Gasteiger charge is -2.37. The molecule has 21 heavy (non-hydrogen) atoms. The van der Waals surface area contributed by atoms with Gasteiger partial charge in [0.25, 0.3) is 0 Å². The van der Waals surface area contributed by atoms with Crippen LogP contribution in [0.15, 0.2) is 18.2 Å². The summed E-state index contributed by atoms with van der Waals surface area (Å²) in [5.41, 5.74) is 7.20. The number of nitrogens with one attached hydrogen (secondary N) is 1. The predicted molar refractivity (Wildman–Crippen MR) is 82.3 cm³/mol. The number of nitrogens with two attached hydrogens (primary N) is 1. The Morgan fingerprint density at radius 1 is 1.48 bits per heavy atom. The summed E-state index contributed by atoms with van der Waals surface area (Å²) in [5.74, 6) is -0.749. The van der Waals surface area contributed by atoms with Gasteiger partial charge in [-0.05, 0) is 24.6 Å². The average molecular weight is 304 g/mol. The number of aryl methyl sites for hydroxylation is 1. The van der Waals surface area contributed by atoms with Crippen molar-refractivity contribution in [2.24, 2.45) is 11.7 Å². The normalized spacial score (nSPS) is 15.0. The van der Waals surface area contributed by atoms with Crippen LogP contribution in [0.1, 0.15) is 5.56 Å². The Kier molecular flexibility index (Phi) is 3.50. The smallest absolute Gasteiger partial charge is 0.236 e. The van der Waals surface area contributed by atoms with Crippen molar-refractivity contribution in [3.63, 3.8) is 0 Å². The Morgan fingerprint density at radius 2 is 2.24 bits per heavy atom. The van der Waals surface area contributed by atoms with Gasteiger partial charge in [-0.3, -0.25) is 9.59 Å².